The molecule has 5 heteroatoms. The van der Waals surface area contributed by atoms with Crippen LogP contribution >= 0.6 is 0 Å². The summed E-state index contributed by atoms with van der Waals surface area (Å²) in [4.78, 5) is 16.2. The van der Waals surface area contributed by atoms with Crippen LogP contribution < -0.4 is 0 Å². The zero-order valence-corrected chi connectivity index (χ0v) is 29.1. The third-order valence-electron chi connectivity index (χ3n) is 6.65. The van der Waals surface area contributed by atoms with Gasteiger partial charge < -0.3 is 31.2 Å². The third kappa shape index (κ3) is 8.69. The Morgan fingerprint density at radius 2 is 1.48 bits per heavy atom. The fraction of sp³-hybridized carbons (Fsp3) is 0.343. The molecule has 1 aliphatic carbocycles. The molecular formula is C35H47N4Y. The molecule has 0 spiro atoms. The van der Waals surface area contributed by atoms with Crippen LogP contribution in [0.2, 0.25) is 0 Å². The quantitative estimate of drug-likeness (QED) is 0.178. The fourth-order valence-electron chi connectivity index (χ4n) is 4.24. The van der Waals surface area contributed by atoms with E-state index in [0.717, 1.165) is 52.6 Å². The second-order valence-corrected chi connectivity index (χ2v) is 9.15. The number of H-pyrrole nitrogens is 2. The molecule has 210 valence electrons. The van der Waals surface area contributed by atoms with Crippen LogP contribution in [-0.4, -0.2) is 19.9 Å². The standard InChI is InChI=1S/C29H29N4.2C2H6.2CH3.Y/c1-5-27-30-17-26(31-27)22-11-8-20(9-12-22)6-7-21-10-14-24-23(16-21)13-15-25-28(24)33-29(32-25)19(4)18(2)3;2*1-2;;;/h5,8-12,14,16-19H,13,15H2,1-4H3,(H,30,31)(H,32,33);2*1-2H3;2*1H3;/q-1;;;2*-1;+3. The van der Waals surface area contributed by atoms with Crippen LogP contribution in [-0.2, 0) is 45.6 Å². The minimum atomic E-state index is 0. The zero-order chi connectivity index (χ0) is 26.9. The summed E-state index contributed by atoms with van der Waals surface area (Å²) in [5, 5.41) is 0. The van der Waals surface area contributed by atoms with Crippen LogP contribution in [0.5, 0.6) is 0 Å². The average molecular weight is 613 g/mol. The van der Waals surface area contributed by atoms with Gasteiger partial charge in [0.05, 0.1) is 11.4 Å². The van der Waals surface area contributed by atoms with Crippen molar-refractivity contribution in [1.82, 2.24) is 19.9 Å². The summed E-state index contributed by atoms with van der Waals surface area (Å²) >= 11 is 0. The maximum Gasteiger partial charge on any atom is 3.00 e. The molecule has 5 rings (SSSR count). The largest absolute Gasteiger partial charge is 3.00 e. The molecule has 4 nitrogen and oxygen atoms in total. The Balaban J connectivity index is 0.00000208. The van der Waals surface area contributed by atoms with Crippen LogP contribution in [0.15, 0.2) is 48.7 Å². The van der Waals surface area contributed by atoms with Crippen LogP contribution in [0.3, 0.4) is 0 Å². The van der Waals surface area contributed by atoms with Gasteiger partial charge in [-0.25, -0.2) is 4.98 Å². The summed E-state index contributed by atoms with van der Waals surface area (Å²) in [5.74, 6) is 9.63. The molecule has 0 radical (unpaired) electrons. The van der Waals surface area contributed by atoms with Gasteiger partial charge in [-0.1, -0.05) is 78.5 Å². The molecule has 0 saturated heterocycles. The van der Waals surface area contributed by atoms with Crippen molar-refractivity contribution >= 4 is 0 Å². The van der Waals surface area contributed by atoms with Crippen molar-refractivity contribution < 1.29 is 32.7 Å². The van der Waals surface area contributed by atoms with E-state index in [0.29, 0.717) is 11.8 Å². The summed E-state index contributed by atoms with van der Waals surface area (Å²) in [5.41, 5.74) is 9.14. The number of aryl methyl sites for hydroxylation is 2. The van der Waals surface area contributed by atoms with Gasteiger partial charge in [-0.2, -0.15) is 6.92 Å². The van der Waals surface area contributed by atoms with Gasteiger partial charge in [0.2, 0.25) is 0 Å². The molecule has 0 saturated carbocycles. The predicted molar refractivity (Wildman–Crippen MR) is 169 cm³/mol. The number of rotatable bonds is 4. The van der Waals surface area contributed by atoms with Gasteiger partial charge in [0.25, 0.3) is 0 Å². The molecule has 4 aromatic rings. The topological polar surface area (TPSA) is 57.4 Å². The van der Waals surface area contributed by atoms with Gasteiger partial charge in [-0.15, -0.1) is 0 Å². The normalized spacial score (nSPS) is 11.1. The van der Waals surface area contributed by atoms with Gasteiger partial charge in [0, 0.05) is 34.5 Å². The van der Waals surface area contributed by atoms with Crippen molar-refractivity contribution in [3.63, 3.8) is 0 Å². The average Bonchev–Trinajstić information content (AvgIpc) is 3.61. The van der Waals surface area contributed by atoms with E-state index in [1.54, 1.807) is 0 Å². The Kier molecular flexibility index (Phi) is 16.8. The molecule has 2 aromatic carbocycles. The molecule has 40 heavy (non-hydrogen) atoms. The SMILES string of the molecule is CC.CC.C[CH-]c1ncc(-c2ccc(C#Cc3ccc4c(c3)CCc3[nH]c(C(C)C(C)C)nc3-4)cc2)[nH]1.[CH3-].[CH3-].[Y+3]. The number of nitrogens with one attached hydrogen (secondary N) is 2. The second-order valence-electron chi connectivity index (χ2n) is 9.15. The van der Waals surface area contributed by atoms with E-state index < -0.39 is 0 Å². The van der Waals surface area contributed by atoms with Crippen LogP contribution in [0.25, 0.3) is 22.5 Å². The smallest absolute Gasteiger partial charge is 0.368 e. The van der Waals surface area contributed by atoms with Crippen molar-refractivity contribution in [1.29, 1.82) is 0 Å². The number of hydrogen-bond donors (Lipinski definition) is 2. The van der Waals surface area contributed by atoms with Gasteiger partial charge in [0.15, 0.2) is 0 Å². The molecule has 1 aliphatic rings. The molecule has 0 bridgehead atoms. The van der Waals surface area contributed by atoms with Crippen molar-refractivity contribution in [2.24, 2.45) is 5.92 Å². The maximum absolute atomic E-state index is 4.98. The van der Waals surface area contributed by atoms with Crippen molar-refractivity contribution in [2.75, 3.05) is 0 Å². The Morgan fingerprint density at radius 3 is 2.08 bits per heavy atom. The number of imidazole rings is 2. The summed E-state index contributed by atoms with van der Waals surface area (Å²) in [6.07, 6.45) is 5.84. The summed E-state index contributed by atoms with van der Waals surface area (Å²) in [6.45, 7) is 16.7. The first-order valence-electron chi connectivity index (χ1n) is 13.7. The first kappa shape index (κ1) is 37.4. The van der Waals surface area contributed by atoms with E-state index in [9.17, 15) is 0 Å². The number of fused-ring (bicyclic) bond motifs is 3. The molecule has 1 atom stereocenters. The molecule has 0 aliphatic heterocycles. The molecular weight excluding hydrogens is 565 g/mol. The van der Waals surface area contributed by atoms with Gasteiger partial charge >= 0.3 is 32.7 Å². The first-order valence-corrected chi connectivity index (χ1v) is 13.7. The minimum Gasteiger partial charge on any atom is -0.368 e. The number of nitrogens with zero attached hydrogens (tertiary/aromatic N) is 2. The third-order valence-corrected chi connectivity index (χ3v) is 6.65. The second kappa shape index (κ2) is 18.0. The number of benzene rings is 2. The molecule has 2 N–H and O–H groups in total. The van der Waals surface area contributed by atoms with Crippen molar-refractivity contribution in [2.45, 2.75) is 74.1 Å². The minimum absolute atomic E-state index is 0. The Labute approximate surface area is 269 Å². The predicted octanol–water partition coefficient (Wildman–Crippen LogP) is 9.25. The van der Waals surface area contributed by atoms with Crippen molar-refractivity contribution in [3.05, 3.63) is 104 Å². The zero-order valence-electron chi connectivity index (χ0n) is 26.2. The number of aromatic nitrogens is 4. The summed E-state index contributed by atoms with van der Waals surface area (Å²) in [6, 6.07) is 14.8. The molecule has 2 heterocycles. The molecule has 2 aromatic heterocycles. The van der Waals surface area contributed by atoms with Gasteiger partial charge in [-0.05, 0) is 60.0 Å². The Hall–Kier alpha value is -2.61. The summed E-state index contributed by atoms with van der Waals surface area (Å²) < 4.78 is 0. The number of aromatic amines is 2. The van der Waals surface area contributed by atoms with Crippen LogP contribution in [0.4, 0.5) is 0 Å². The van der Waals surface area contributed by atoms with E-state index in [-0.39, 0.29) is 47.6 Å². The summed E-state index contributed by atoms with van der Waals surface area (Å²) in [7, 11) is 0. The maximum atomic E-state index is 4.98. The van der Waals surface area contributed by atoms with Crippen LogP contribution in [0, 0.1) is 39.0 Å². The van der Waals surface area contributed by atoms with Crippen molar-refractivity contribution in [3.8, 4) is 34.4 Å². The van der Waals surface area contributed by atoms with E-state index in [4.69, 9.17) is 4.98 Å². The van der Waals surface area contributed by atoms with E-state index in [1.165, 1.54) is 16.8 Å². The van der Waals surface area contributed by atoms with Gasteiger partial charge in [0.1, 0.15) is 5.82 Å². The van der Waals surface area contributed by atoms with E-state index in [1.807, 2.05) is 47.2 Å². The van der Waals surface area contributed by atoms with E-state index >= 15 is 0 Å². The molecule has 1 unspecified atom stereocenters. The first-order chi connectivity index (χ1) is 18.0. The Bertz CT molecular complexity index is 1350. The van der Waals surface area contributed by atoms with Gasteiger partial charge in [-0.3, -0.25) is 4.98 Å². The van der Waals surface area contributed by atoms with Crippen LogP contribution in [0.1, 0.15) is 95.3 Å². The Morgan fingerprint density at radius 1 is 0.850 bits per heavy atom. The monoisotopic (exact) mass is 612 g/mol. The molecule has 0 fully saturated rings. The van der Waals surface area contributed by atoms with E-state index in [2.05, 4.69) is 90.0 Å². The fourth-order valence-corrected chi connectivity index (χ4v) is 4.24. The molecule has 0 amide bonds. The number of hydrogen-bond acceptors (Lipinski definition) is 2.